The molecule has 1 aliphatic heterocycles. The van der Waals surface area contributed by atoms with Gasteiger partial charge < -0.3 is 0 Å². The van der Waals surface area contributed by atoms with Crippen LogP contribution in [-0.4, -0.2) is 21.4 Å². The van der Waals surface area contributed by atoms with E-state index in [1.807, 2.05) is 29.2 Å². The Kier molecular flexibility index (Phi) is 4.66. The quantitative estimate of drug-likeness (QED) is 0.672. The van der Waals surface area contributed by atoms with Crippen molar-refractivity contribution < 1.29 is 8.78 Å². The second-order valence-electron chi connectivity index (χ2n) is 6.33. The van der Waals surface area contributed by atoms with Crippen LogP contribution in [0.15, 0.2) is 48.7 Å². The average Bonchev–Trinajstić information content (AvgIpc) is 2.65. The molecule has 0 atom stereocenters. The third-order valence-corrected chi connectivity index (χ3v) is 4.81. The second kappa shape index (κ2) is 7.09. The SMILES string of the molecule is Fc1cccc(F)c1CN1CCc2nc(-c3ccc(Cl)cc3)ncc2C1. The highest BCUT2D eigenvalue weighted by Crippen LogP contribution is 2.24. The van der Waals surface area contributed by atoms with E-state index in [-0.39, 0.29) is 12.1 Å². The topological polar surface area (TPSA) is 29.0 Å². The lowest BCUT2D eigenvalue weighted by atomic mass is 10.1. The van der Waals surface area contributed by atoms with Gasteiger partial charge >= 0.3 is 0 Å². The van der Waals surface area contributed by atoms with Gasteiger partial charge in [-0.1, -0.05) is 17.7 Å². The maximum atomic E-state index is 13.9. The summed E-state index contributed by atoms with van der Waals surface area (Å²) in [6.07, 6.45) is 2.52. The molecule has 0 saturated heterocycles. The molecular formula is C20H16ClF2N3. The zero-order valence-electron chi connectivity index (χ0n) is 13.9. The van der Waals surface area contributed by atoms with Crippen LogP contribution in [0.4, 0.5) is 8.78 Å². The molecule has 3 nitrogen and oxygen atoms in total. The van der Waals surface area contributed by atoms with Crippen LogP contribution in [0.1, 0.15) is 16.8 Å². The van der Waals surface area contributed by atoms with E-state index in [4.69, 9.17) is 11.6 Å². The van der Waals surface area contributed by atoms with Crippen LogP contribution in [0.2, 0.25) is 5.02 Å². The number of hydrogen-bond donors (Lipinski definition) is 0. The molecule has 26 heavy (non-hydrogen) atoms. The molecular weight excluding hydrogens is 356 g/mol. The van der Waals surface area contributed by atoms with E-state index >= 15 is 0 Å². The number of rotatable bonds is 3. The first-order valence-corrected chi connectivity index (χ1v) is 8.74. The van der Waals surface area contributed by atoms with Gasteiger partial charge in [0.1, 0.15) is 11.6 Å². The molecule has 0 unspecified atom stereocenters. The van der Waals surface area contributed by atoms with E-state index < -0.39 is 11.6 Å². The molecule has 0 spiro atoms. The molecule has 4 rings (SSSR count). The van der Waals surface area contributed by atoms with E-state index in [1.165, 1.54) is 18.2 Å². The van der Waals surface area contributed by atoms with Gasteiger partial charge in [0, 0.05) is 54.0 Å². The summed E-state index contributed by atoms with van der Waals surface area (Å²) < 4.78 is 27.7. The fourth-order valence-corrected chi connectivity index (χ4v) is 3.28. The zero-order valence-corrected chi connectivity index (χ0v) is 14.7. The van der Waals surface area contributed by atoms with Crippen LogP contribution >= 0.6 is 11.6 Å². The van der Waals surface area contributed by atoms with Crippen LogP contribution in [0.5, 0.6) is 0 Å². The summed E-state index contributed by atoms with van der Waals surface area (Å²) in [5, 5.41) is 0.669. The summed E-state index contributed by atoms with van der Waals surface area (Å²) in [5.74, 6) is -0.357. The lowest BCUT2D eigenvalue weighted by molar-refractivity contribution is 0.236. The molecule has 1 aliphatic rings. The van der Waals surface area contributed by atoms with Crippen LogP contribution in [0.3, 0.4) is 0 Å². The van der Waals surface area contributed by atoms with Crippen molar-refractivity contribution in [3.8, 4) is 11.4 Å². The molecule has 0 radical (unpaired) electrons. The van der Waals surface area contributed by atoms with Crippen LogP contribution in [0, 0.1) is 11.6 Å². The standard InChI is InChI=1S/C20H16ClF2N3/c21-15-6-4-13(5-7-15)20-24-10-14-11-26(9-8-19(14)25-20)12-16-17(22)2-1-3-18(16)23/h1-7,10H,8-9,11-12H2. The second-order valence-corrected chi connectivity index (χ2v) is 6.77. The molecule has 2 aromatic carbocycles. The lowest BCUT2D eigenvalue weighted by Crippen LogP contribution is -2.31. The third-order valence-electron chi connectivity index (χ3n) is 4.56. The van der Waals surface area contributed by atoms with Gasteiger partial charge in [-0.05, 0) is 36.4 Å². The maximum absolute atomic E-state index is 13.9. The first-order chi connectivity index (χ1) is 12.6. The highest BCUT2D eigenvalue weighted by molar-refractivity contribution is 6.30. The van der Waals surface area contributed by atoms with Gasteiger partial charge in [0.25, 0.3) is 0 Å². The number of hydrogen-bond acceptors (Lipinski definition) is 3. The van der Waals surface area contributed by atoms with Crippen molar-refractivity contribution in [2.75, 3.05) is 6.54 Å². The fourth-order valence-electron chi connectivity index (χ4n) is 3.15. The highest BCUT2D eigenvalue weighted by atomic mass is 35.5. The van der Waals surface area contributed by atoms with Gasteiger partial charge in [-0.2, -0.15) is 0 Å². The van der Waals surface area contributed by atoms with Crippen molar-refractivity contribution in [2.45, 2.75) is 19.5 Å². The van der Waals surface area contributed by atoms with Crippen LogP contribution < -0.4 is 0 Å². The molecule has 6 heteroatoms. The molecule has 0 amide bonds. The van der Waals surface area contributed by atoms with Gasteiger partial charge in [-0.3, -0.25) is 4.90 Å². The summed E-state index contributed by atoms with van der Waals surface area (Å²) in [6, 6.07) is 11.4. The van der Waals surface area contributed by atoms with Crippen LogP contribution in [-0.2, 0) is 19.5 Å². The minimum absolute atomic E-state index is 0.106. The lowest BCUT2D eigenvalue weighted by Gasteiger charge is -2.28. The Morgan fingerprint density at radius 3 is 2.50 bits per heavy atom. The molecule has 2 heterocycles. The summed E-state index contributed by atoms with van der Waals surface area (Å²) in [7, 11) is 0. The number of nitrogens with zero attached hydrogens (tertiary/aromatic N) is 3. The van der Waals surface area contributed by atoms with Crippen molar-refractivity contribution in [1.82, 2.24) is 14.9 Å². The van der Waals surface area contributed by atoms with E-state index in [0.717, 1.165) is 16.8 Å². The van der Waals surface area contributed by atoms with E-state index in [0.29, 0.717) is 30.4 Å². The third kappa shape index (κ3) is 3.45. The zero-order chi connectivity index (χ0) is 18.1. The summed E-state index contributed by atoms with van der Waals surface area (Å²) in [4.78, 5) is 11.1. The minimum Gasteiger partial charge on any atom is -0.294 e. The largest absolute Gasteiger partial charge is 0.294 e. The highest BCUT2D eigenvalue weighted by Gasteiger charge is 2.21. The van der Waals surface area contributed by atoms with Crippen molar-refractivity contribution in [3.05, 3.63) is 82.1 Å². The van der Waals surface area contributed by atoms with E-state index in [9.17, 15) is 8.78 Å². The van der Waals surface area contributed by atoms with Crippen molar-refractivity contribution in [2.24, 2.45) is 0 Å². The number of halogens is 3. The monoisotopic (exact) mass is 371 g/mol. The Labute approximate surface area is 155 Å². The van der Waals surface area contributed by atoms with Crippen molar-refractivity contribution >= 4 is 11.6 Å². The number of aromatic nitrogens is 2. The Morgan fingerprint density at radius 1 is 1.04 bits per heavy atom. The molecule has 0 aliphatic carbocycles. The van der Waals surface area contributed by atoms with Gasteiger partial charge in [-0.25, -0.2) is 18.7 Å². The summed E-state index contributed by atoms with van der Waals surface area (Å²) in [5.41, 5.74) is 2.99. The molecule has 0 saturated carbocycles. The summed E-state index contributed by atoms with van der Waals surface area (Å²) in [6.45, 7) is 1.50. The predicted octanol–water partition coefficient (Wildman–Crippen LogP) is 4.63. The van der Waals surface area contributed by atoms with Gasteiger partial charge in [0.15, 0.2) is 5.82 Å². The average molecular weight is 372 g/mol. The molecule has 1 aromatic heterocycles. The normalized spacial score (nSPS) is 14.3. The van der Waals surface area contributed by atoms with Crippen LogP contribution in [0.25, 0.3) is 11.4 Å². The fraction of sp³-hybridized carbons (Fsp3) is 0.200. The number of fused-ring (bicyclic) bond motifs is 1. The summed E-state index contributed by atoms with van der Waals surface area (Å²) >= 11 is 5.92. The molecule has 132 valence electrons. The molecule has 0 bridgehead atoms. The number of benzene rings is 2. The van der Waals surface area contributed by atoms with Crippen molar-refractivity contribution in [3.63, 3.8) is 0 Å². The van der Waals surface area contributed by atoms with Crippen molar-refractivity contribution in [1.29, 1.82) is 0 Å². The van der Waals surface area contributed by atoms with E-state index in [1.54, 1.807) is 6.20 Å². The van der Waals surface area contributed by atoms with Gasteiger partial charge in [0.05, 0.1) is 5.69 Å². The Balaban J connectivity index is 1.54. The van der Waals surface area contributed by atoms with Gasteiger partial charge in [0.2, 0.25) is 0 Å². The molecule has 0 fully saturated rings. The Hall–Kier alpha value is -2.37. The maximum Gasteiger partial charge on any atom is 0.159 e. The first-order valence-electron chi connectivity index (χ1n) is 8.36. The Bertz CT molecular complexity index is 924. The van der Waals surface area contributed by atoms with E-state index in [2.05, 4.69) is 9.97 Å². The van der Waals surface area contributed by atoms with Gasteiger partial charge in [-0.15, -0.1) is 0 Å². The smallest absolute Gasteiger partial charge is 0.159 e. The Morgan fingerprint density at radius 2 is 1.77 bits per heavy atom. The first kappa shape index (κ1) is 17.1. The predicted molar refractivity (Wildman–Crippen MR) is 96.7 cm³/mol. The molecule has 0 N–H and O–H groups in total. The molecule has 3 aromatic rings. The minimum atomic E-state index is -0.509.